The Morgan fingerprint density at radius 3 is 2.33 bits per heavy atom. The fourth-order valence-corrected chi connectivity index (χ4v) is 4.80. The average molecular weight is 553 g/mol. The Morgan fingerprint density at radius 2 is 1.67 bits per heavy atom. The summed E-state index contributed by atoms with van der Waals surface area (Å²) < 4.78 is 43.4. The lowest BCUT2D eigenvalue weighted by atomic mass is 10.1. The van der Waals surface area contributed by atoms with Crippen molar-refractivity contribution >= 4 is 46.3 Å². The minimum Gasteiger partial charge on any atom is -0.441 e. The Labute approximate surface area is 215 Å². The van der Waals surface area contributed by atoms with E-state index in [2.05, 4.69) is 20.8 Å². The van der Waals surface area contributed by atoms with Crippen molar-refractivity contribution < 1.29 is 27.5 Å². The van der Waals surface area contributed by atoms with Crippen LogP contribution in [0.15, 0.2) is 53.9 Å². The Hall–Kier alpha value is -3.48. The molecule has 0 atom stereocenters. The number of hydrazine groups is 1. The molecule has 0 bridgehead atoms. The van der Waals surface area contributed by atoms with Gasteiger partial charge in [0.2, 0.25) is 0 Å². The summed E-state index contributed by atoms with van der Waals surface area (Å²) in [6, 6.07) is 11.6. The van der Waals surface area contributed by atoms with Gasteiger partial charge in [-0.15, -0.1) is 22.7 Å². The van der Waals surface area contributed by atoms with Crippen molar-refractivity contribution in [2.24, 2.45) is 0 Å². The molecule has 2 aromatic heterocycles. The molecule has 186 valence electrons. The van der Waals surface area contributed by atoms with Crippen LogP contribution in [-0.2, 0) is 17.5 Å². The number of amides is 2. The van der Waals surface area contributed by atoms with Gasteiger partial charge in [-0.3, -0.25) is 10.2 Å². The summed E-state index contributed by atoms with van der Waals surface area (Å²) in [6.45, 7) is 1.48. The van der Waals surface area contributed by atoms with E-state index in [1.54, 1.807) is 19.1 Å². The highest BCUT2D eigenvalue weighted by atomic mass is 35.5. The van der Waals surface area contributed by atoms with Crippen molar-refractivity contribution in [3.8, 4) is 21.8 Å². The summed E-state index contributed by atoms with van der Waals surface area (Å²) in [5, 5.41) is 3.36. The molecule has 2 aromatic carbocycles. The van der Waals surface area contributed by atoms with E-state index in [-0.39, 0.29) is 11.5 Å². The van der Waals surface area contributed by atoms with Crippen molar-refractivity contribution in [1.82, 2.24) is 20.8 Å². The maximum atomic E-state index is 12.8. The second-order valence-corrected chi connectivity index (χ2v) is 9.68. The van der Waals surface area contributed by atoms with Gasteiger partial charge in [0.05, 0.1) is 17.0 Å². The molecule has 0 spiro atoms. The summed E-state index contributed by atoms with van der Waals surface area (Å²) >= 11 is 8.18. The van der Waals surface area contributed by atoms with Crippen LogP contribution in [-0.4, -0.2) is 22.0 Å². The summed E-state index contributed by atoms with van der Waals surface area (Å²) in [5.41, 5.74) is 5.99. The number of hydrogen-bond donors (Lipinski definition) is 2. The van der Waals surface area contributed by atoms with E-state index < -0.39 is 23.7 Å². The molecule has 0 aliphatic heterocycles. The molecule has 36 heavy (non-hydrogen) atoms. The van der Waals surface area contributed by atoms with Crippen molar-refractivity contribution in [2.45, 2.75) is 19.7 Å². The molecule has 2 N–H and O–H groups in total. The first-order valence-corrected chi connectivity index (χ1v) is 12.3. The van der Waals surface area contributed by atoms with Gasteiger partial charge in [0, 0.05) is 21.5 Å². The Morgan fingerprint density at radius 1 is 1.00 bits per heavy atom. The zero-order valence-corrected chi connectivity index (χ0v) is 20.7. The molecule has 0 fully saturated rings. The molecule has 0 saturated heterocycles. The van der Waals surface area contributed by atoms with Crippen molar-refractivity contribution in [3.63, 3.8) is 0 Å². The summed E-state index contributed by atoms with van der Waals surface area (Å²) in [5.74, 6) is -0.639. The van der Waals surface area contributed by atoms with Gasteiger partial charge in [-0.2, -0.15) is 13.2 Å². The number of carbonyl (C=O) groups is 2. The summed E-state index contributed by atoms with van der Waals surface area (Å²) in [4.78, 5) is 33.3. The van der Waals surface area contributed by atoms with E-state index in [1.165, 1.54) is 23.5 Å². The third-order valence-corrected chi connectivity index (χ3v) is 7.04. The quantitative estimate of drug-likeness (QED) is 0.276. The molecule has 13 heteroatoms. The van der Waals surface area contributed by atoms with Crippen LogP contribution in [0.25, 0.3) is 21.8 Å². The Bertz CT molecular complexity index is 1390. The number of ether oxygens (including phenoxy) is 1. The predicted molar refractivity (Wildman–Crippen MR) is 131 cm³/mol. The van der Waals surface area contributed by atoms with E-state index in [0.29, 0.717) is 32.0 Å². The van der Waals surface area contributed by atoms with Crippen LogP contribution < -0.4 is 10.9 Å². The molecule has 7 nitrogen and oxygen atoms in total. The number of alkyl halides is 3. The van der Waals surface area contributed by atoms with Crippen molar-refractivity contribution in [3.05, 3.63) is 80.1 Å². The fraction of sp³-hybridized carbons (Fsp3) is 0.130. The molecule has 0 radical (unpaired) electrons. The van der Waals surface area contributed by atoms with E-state index in [9.17, 15) is 22.8 Å². The lowest BCUT2D eigenvalue weighted by Gasteiger charge is -2.07. The summed E-state index contributed by atoms with van der Waals surface area (Å²) in [7, 11) is 0. The molecule has 2 heterocycles. The van der Waals surface area contributed by atoms with Crippen LogP contribution in [0.3, 0.4) is 0 Å². The van der Waals surface area contributed by atoms with Gasteiger partial charge in [-0.25, -0.2) is 20.2 Å². The summed E-state index contributed by atoms with van der Waals surface area (Å²) in [6.07, 6.45) is -5.34. The van der Waals surface area contributed by atoms with Crippen LogP contribution in [0.4, 0.5) is 18.0 Å². The normalized spacial score (nSPS) is 11.2. The molecule has 0 aliphatic rings. The van der Waals surface area contributed by atoms with Crippen LogP contribution in [0.2, 0.25) is 5.02 Å². The zero-order valence-electron chi connectivity index (χ0n) is 18.4. The lowest BCUT2D eigenvalue weighted by Crippen LogP contribution is -2.41. The smallest absolute Gasteiger partial charge is 0.426 e. The molecule has 4 aromatic rings. The van der Waals surface area contributed by atoms with Gasteiger partial charge in [-0.05, 0) is 31.2 Å². The fourth-order valence-electron chi connectivity index (χ4n) is 2.99. The molecule has 0 saturated carbocycles. The number of thiazole rings is 2. The van der Waals surface area contributed by atoms with Crippen LogP contribution in [0.5, 0.6) is 0 Å². The predicted octanol–water partition coefficient (Wildman–Crippen LogP) is 6.49. The van der Waals surface area contributed by atoms with Gasteiger partial charge < -0.3 is 4.74 Å². The largest absolute Gasteiger partial charge is 0.441 e. The van der Waals surface area contributed by atoms with Crippen LogP contribution >= 0.6 is 34.3 Å². The van der Waals surface area contributed by atoms with E-state index >= 15 is 0 Å². The maximum absolute atomic E-state index is 12.8. The Balaban J connectivity index is 1.30. The highest BCUT2D eigenvalue weighted by molar-refractivity contribution is 7.17. The number of nitrogens with zero attached hydrogens (tertiary/aromatic N) is 2. The van der Waals surface area contributed by atoms with E-state index in [1.807, 2.05) is 17.5 Å². The SMILES string of the molecule is Cc1nc(-c2ccc(C(F)(F)F)cc2)sc1C(=O)NNC(=O)OCc1nc(-c2ccc(Cl)cc2)cs1. The number of hydrogen-bond acceptors (Lipinski definition) is 7. The first-order valence-electron chi connectivity index (χ1n) is 10.2. The standard InChI is InChI=1S/C23H16ClF3N4O3S2/c1-12-19(36-21(28-12)14-2-6-15(7-3-14)23(25,26)27)20(32)30-31-22(33)34-10-18-29-17(11-35-18)13-4-8-16(24)9-5-13/h2-9,11H,10H2,1H3,(H,30,32)(H,31,33). The molecule has 0 aliphatic carbocycles. The number of aryl methyl sites for hydroxylation is 1. The minimum absolute atomic E-state index is 0.0996. The third kappa shape index (κ3) is 6.20. The second kappa shape index (κ2) is 10.6. The molecule has 2 amide bonds. The number of carbonyl (C=O) groups excluding carboxylic acids is 2. The van der Waals surface area contributed by atoms with Crippen LogP contribution in [0.1, 0.15) is 25.9 Å². The number of nitrogens with one attached hydrogen (secondary N) is 2. The maximum Gasteiger partial charge on any atom is 0.426 e. The topological polar surface area (TPSA) is 93.2 Å². The van der Waals surface area contributed by atoms with Crippen molar-refractivity contribution in [2.75, 3.05) is 0 Å². The number of aromatic nitrogens is 2. The number of benzene rings is 2. The van der Waals surface area contributed by atoms with Gasteiger partial charge in [-0.1, -0.05) is 35.9 Å². The van der Waals surface area contributed by atoms with Gasteiger partial charge >= 0.3 is 12.3 Å². The first-order chi connectivity index (χ1) is 17.1. The highest BCUT2D eigenvalue weighted by Crippen LogP contribution is 2.33. The molecule has 4 rings (SSSR count). The van der Waals surface area contributed by atoms with Crippen molar-refractivity contribution in [1.29, 1.82) is 0 Å². The molecular formula is C23H16ClF3N4O3S2. The average Bonchev–Trinajstić information content (AvgIpc) is 3.48. The molecule has 0 unspecified atom stereocenters. The third-order valence-electron chi connectivity index (χ3n) is 4.76. The van der Waals surface area contributed by atoms with Gasteiger partial charge in [0.25, 0.3) is 5.91 Å². The minimum atomic E-state index is -4.44. The van der Waals surface area contributed by atoms with Gasteiger partial charge in [0.1, 0.15) is 21.5 Å². The lowest BCUT2D eigenvalue weighted by molar-refractivity contribution is -0.137. The molecular weight excluding hydrogens is 537 g/mol. The zero-order chi connectivity index (χ0) is 25.9. The second-order valence-electron chi connectivity index (χ2n) is 7.30. The van der Waals surface area contributed by atoms with E-state index in [0.717, 1.165) is 29.0 Å². The number of halogens is 4. The Kier molecular flexibility index (Phi) is 7.57. The van der Waals surface area contributed by atoms with E-state index in [4.69, 9.17) is 16.3 Å². The van der Waals surface area contributed by atoms with Crippen LogP contribution in [0, 0.1) is 6.92 Å². The van der Waals surface area contributed by atoms with Gasteiger partial charge in [0.15, 0.2) is 0 Å². The first kappa shape index (κ1) is 25.6. The highest BCUT2D eigenvalue weighted by Gasteiger charge is 2.30. The monoisotopic (exact) mass is 552 g/mol. The number of rotatable bonds is 5.